The molecule has 1 aromatic carbocycles. The number of amides is 1. The molecular formula is C17H22ClN3O2. The van der Waals surface area contributed by atoms with Crippen LogP contribution in [0.1, 0.15) is 45.3 Å². The number of unbranched alkanes of at least 4 members (excludes halogenated alkanes) is 1. The van der Waals surface area contributed by atoms with Crippen molar-refractivity contribution in [2.75, 3.05) is 11.9 Å². The van der Waals surface area contributed by atoms with E-state index in [0.717, 1.165) is 41.5 Å². The van der Waals surface area contributed by atoms with E-state index in [0.29, 0.717) is 5.15 Å². The highest BCUT2D eigenvalue weighted by Crippen LogP contribution is 2.36. The zero-order chi connectivity index (χ0) is 16.8. The van der Waals surface area contributed by atoms with Gasteiger partial charge >= 0.3 is 0 Å². The number of halogens is 1. The van der Waals surface area contributed by atoms with Crippen molar-refractivity contribution in [1.29, 1.82) is 0 Å². The van der Waals surface area contributed by atoms with Gasteiger partial charge in [-0.25, -0.2) is 10.5 Å². The number of nitrogens with one attached hydrogen (secondary N) is 2. The molecule has 0 saturated heterocycles. The first-order valence-corrected chi connectivity index (χ1v) is 8.16. The quantitative estimate of drug-likeness (QED) is 0.451. The first-order chi connectivity index (χ1) is 11.0. The number of rotatable bonds is 7. The van der Waals surface area contributed by atoms with Crippen LogP contribution in [0, 0.1) is 0 Å². The number of pyridine rings is 1. The maximum Gasteiger partial charge on any atom is 0.240 e. The Balaban J connectivity index is 2.45. The third-order valence-electron chi connectivity index (χ3n) is 3.50. The molecule has 5 nitrogen and oxygen atoms in total. The number of nitrogens with zero attached hydrogens (tertiary/aromatic N) is 1. The molecule has 23 heavy (non-hydrogen) atoms. The Labute approximate surface area is 141 Å². The van der Waals surface area contributed by atoms with Crippen LogP contribution in [-0.2, 0) is 9.63 Å². The Hall–Kier alpha value is -1.85. The van der Waals surface area contributed by atoms with E-state index in [-0.39, 0.29) is 5.91 Å². The summed E-state index contributed by atoms with van der Waals surface area (Å²) in [6, 6.07) is 7.82. The van der Waals surface area contributed by atoms with E-state index in [4.69, 9.17) is 16.4 Å². The van der Waals surface area contributed by atoms with Crippen molar-refractivity contribution in [3.8, 4) is 0 Å². The van der Waals surface area contributed by atoms with Gasteiger partial charge in [0.15, 0.2) is 0 Å². The summed E-state index contributed by atoms with van der Waals surface area (Å²) < 4.78 is 0. The molecule has 0 aliphatic carbocycles. The van der Waals surface area contributed by atoms with Gasteiger partial charge in [0.2, 0.25) is 5.91 Å². The van der Waals surface area contributed by atoms with Crippen molar-refractivity contribution in [3.05, 3.63) is 35.0 Å². The Morgan fingerprint density at radius 2 is 2.13 bits per heavy atom. The number of aromatic nitrogens is 1. The maximum atomic E-state index is 11.1. The van der Waals surface area contributed by atoms with Crippen LogP contribution in [0.25, 0.3) is 10.9 Å². The zero-order valence-corrected chi connectivity index (χ0v) is 14.4. The molecule has 2 aromatic rings. The Morgan fingerprint density at radius 3 is 2.83 bits per heavy atom. The van der Waals surface area contributed by atoms with Crippen LogP contribution in [0.2, 0.25) is 5.15 Å². The van der Waals surface area contributed by atoms with E-state index in [2.05, 4.69) is 22.7 Å². The molecule has 0 bridgehead atoms. The summed E-state index contributed by atoms with van der Waals surface area (Å²) in [6.45, 7) is 6.20. The molecule has 1 amide bonds. The van der Waals surface area contributed by atoms with Gasteiger partial charge in [0.1, 0.15) is 11.3 Å². The van der Waals surface area contributed by atoms with E-state index < -0.39 is 6.10 Å². The predicted octanol–water partition coefficient (Wildman–Crippen LogP) is 4.23. The monoisotopic (exact) mass is 335 g/mol. The van der Waals surface area contributed by atoms with Gasteiger partial charge < -0.3 is 5.32 Å². The summed E-state index contributed by atoms with van der Waals surface area (Å²) >= 11 is 6.39. The molecular weight excluding hydrogens is 314 g/mol. The predicted molar refractivity (Wildman–Crippen MR) is 93.5 cm³/mol. The summed E-state index contributed by atoms with van der Waals surface area (Å²) in [5, 5.41) is 4.81. The summed E-state index contributed by atoms with van der Waals surface area (Å²) in [5.41, 5.74) is 4.84. The second kappa shape index (κ2) is 8.13. The molecule has 0 aliphatic rings. The summed E-state index contributed by atoms with van der Waals surface area (Å²) in [6.07, 6.45) is 1.72. The molecule has 2 rings (SSSR count). The number of carbonyl (C=O) groups excluding carboxylic acids is 1. The Kier molecular flexibility index (Phi) is 6.19. The standard InChI is InChI=1S/C17H22ClN3O2/c1-4-5-10-19-16-13-8-6-7-9-14(13)20-17(18)15(16)11(2)23-21-12(3)22/h6-9,11H,4-5,10H2,1-3H3,(H,19,20)(H,21,22). The third-order valence-corrected chi connectivity index (χ3v) is 3.79. The molecule has 0 fully saturated rings. The van der Waals surface area contributed by atoms with E-state index >= 15 is 0 Å². The van der Waals surface area contributed by atoms with Gasteiger partial charge in [-0.3, -0.25) is 9.63 Å². The SMILES string of the molecule is CCCCNc1c(C(C)ONC(C)=O)c(Cl)nc2ccccc12. The highest BCUT2D eigenvalue weighted by molar-refractivity contribution is 6.31. The smallest absolute Gasteiger partial charge is 0.240 e. The number of fused-ring (bicyclic) bond motifs is 1. The fourth-order valence-corrected chi connectivity index (χ4v) is 2.72. The van der Waals surface area contributed by atoms with Gasteiger partial charge in [-0.2, -0.15) is 0 Å². The van der Waals surface area contributed by atoms with Crippen LogP contribution in [0.3, 0.4) is 0 Å². The topological polar surface area (TPSA) is 63.2 Å². The molecule has 1 atom stereocenters. The lowest BCUT2D eigenvalue weighted by atomic mass is 10.1. The fraction of sp³-hybridized carbons (Fsp3) is 0.412. The maximum absolute atomic E-state index is 11.1. The minimum absolute atomic E-state index is 0.262. The average Bonchev–Trinajstić information content (AvgIpc) is 2.52. The molecule has 0 aliphatic heterocycles. The molecule has 1 unspecified atom stereocenters. The number of hydroxylamine groups is 1. The summed E-state index contributed by atoms with van der Waals surface area (Å²) in [7, 11) is 0. The van der Waals surface area contributed by atoms with E-state index in [1.54, 1.807) is 0 Å². The largest absolute Gasteiger partial charge is 0.384 e. The van der Waals surface area contributed by atoms with E-state index in [1.165, 1.54) is 6.92 Å². The molecule has 124 valence electrons. The normalized spacial score (nSPS) is 12.2. The van der Waals surface area contributed by atoms with Gasteiger partial charge in [0.05, 0.1) is 11.2 Å². The highest BCUT2D eigenvalue weighted by atomic mass is 35.5. The minimum Gasteiger partial charge on any atom is -0.384 e. The molecule has 2 N–H and O–H groups in total. The molecule has 1 heterocycles. The number of anilines is 1. The van der Waals surface area contributed by atoms with Crippen molar-refractivity contribution >= 4 is 34.1 Å². The lowest BCUT2D eigenvalue weighted by Crippen LogP contribution is -2.23. The number of carbonyl (C=O) groups is 1. The second-order valence-electron chi connectivity index (χ2n) is 5.41. The Morgan fingerprint density at radius 1 is 1.39 bits per heavy atom. The van der Waals surface area contributed by atoms with Crippen molar-refractivity contribution in [2.24, 2.45) is 0 Å². The van der Waals surface area contributed by atoms with Gasteiger partial charge in [-0.15, -0.1) is 0 Å². The van der Waals surface area contributed by atoms with Crippen molar-refractivity contribution < 1.29 is 9.63 Å². The minimum atomic E-state index is -0.423. The van der Waals surface area contributed by atoms with Crippen LogP contribution < -0.4 is 10.8 Å². The molecule has 0 saturated carbocycles. The highest BCUT2D eigenvalue weighted by Gasteiger charge is 2.20. The number of para-hydroxylation sites is 1. The zero-order valence-electron chi connectivity index (χ0n) is 13.6. The van der Waals surface area contributed by atoms with E-state index in [1.807, 2.05) is 31.2 Å². The third kappa shape index (κ3) is 4.33. The number of benzene rings is 1. The van der Waals surface area contributed by atoms with Gasteiger partial charge in [0, 0.05) is 24.4 Å². The molecule has 6 heteroatoms. The molecule has 1 aromatic heterocycles. The number of hydrogen-bond acceptors (Lipinski definition) is 4. The average molecular weight is 336 g/mol. The van der Waals surface area contributed by atoms with Gasteiger partial charge in [-0.05, 0) is 19.4 Å². The van der Waals surface area contributed by atoms with Crippen molar-refractivity contribution in [1.82, 2.24) is 10.5 Å². The fourth-order valence-electron chi connectivity index (χ4n) is 2.38. The number of hydrogen-bond donors (Lipinski definition) is 2. The van der Waals surface area contributed by atoms with Crippen molar-refractivity contribution in [2.45, 2.75) is 39.7 Å². The summed E-state index contributed by atoms with van der Waals surface area (Å²) in [4.78, 5) is 20.9. The van der Waals surface area contributed by atoms with Crippen LogP contribution in [0.4, 0.5) is 5.69 Å². The van der Waals surface area contributed by atoms with Gasteiger partial charge in [-0.1, -0.05) is 43.1 Å². The van der Waals surface area contributed by atoms with Crippen LogP contribution in [0.15, 0.2) is 24.3 Å². The summed E-state index contributed by atoms with van der Waals surface area (Å²) in [5.74, 6) is -0.262. The lowest BCUT2D eigenvalue weighted by Gasteiger charge is -2.20. The van der Waals surface area contributed by atoms with Crippen LogP contribution in [-0.4, -0.2) is 17.4 Å². The Bertz CT molecular complexity index is 691. The first-order valence-electron chi connectivity index (χ1n) is 7.78. The van der Waals surface area contributed by atoms with Gasteiger partial charge in [0.25, 0.3) is 0 Å². The van der Waals surface area contributed by atoms with Crippen LogP contribution >= 0.6 is 11.6 Å². The molecule has 0 spiro atoms. The van der Waals surface area contributed by atoms with Crippen LogP contribution in [0.5, 0.6) is 0 Å². The molecule has 0 radical (unpaired) electrons. The lowest BCUT2D eigenvalue weighted by molar-refractivity contribution is -0.135. The van der Waals surface area contributed by atoms with E-state index in [9.17, 15) is 4.79 Å². The second-order valence-corrected chi connectivity index (χ2v) is 5.77. The van der Waals surface area contributed by atoms with Crippen molar-refractivity contribution in [3.63, 3.8) is 0 Å². The first kappa shape index (κ1) is 17.5.